The average molecular weight is 350 g/mol. The molecule has 0 bridgehead atoms. The number of likely N-dealkylation sites (N-methyl/N-ethyl adjacent to an activating group) is 2. The smallest absolute Gasteiger partial charge is 0.155 e. The first kappa shape index (κ1) is 16.9. The highest BCUT2D eigenvalue weighted by molar-refractivity contribution is 5.89. The van der Waals surface area contributed by atoms with E-state index < -0.39 is 0 Å². The van der Waals surface area contributed by atoms with Crippen molar-refractivity contribution >= 4 is 22.5 Å². The highest BCUT2D eigenvalue weighted by atomic mass is 16.3. The summed E-state index contributed by atoms with van der Waals surface area (Å²) >= 11 is 0. The molecule has 1 aliphatic carbocycles. The van der Waals surface area contributed by atoms with Crippen molar-refractivity contribution in [2.24, 2.45) is 4.99 Å². The fraction of sp³-hybridized carbons (Fsp3) is 0.429. The van der Waals surface area contributed by atoms with Crippen molar-refractivity contribution in [1.82, 2.24) is 4.98 Å². The maximum Gasteiger partial charge on any atom is 0.155 e. The molecule has 2 aliphatic heterocycles. The van der Waals surface area contributed by atoms with Crippen LogP contribution in [0.4, 0.5) is 11.4 Å². The van der Waals surface area contributed by atoms with Crippen LogP contribution in [-0.2, 0) is 0 Å². The van der Waals surface area contributed by atoms with E-state index in [2.05, 4.69) is 53.8 Å². The van der Waals surface area contributed by atoms with Crippen LogP contribution in [0.15, 0.2) is 33.7 Å². The van der Waals surface area contributed by atoms with Crippen LogP contribution < -0.4 is 15.2 Å². The molecule has 2 heterocycles. The summed E-state index contributed by atoms with van der Waals surface area (Å²) in [7, 11) is 0. The number of aryl methyl sites for hydroxylation is 1. The Balaban J connectivity index is 1.97. The van der Waals surface area contributed by atoms with Gasteiger partial charge in [0.15, 0.2) is 11.3 Å². The third-order valence-electron chi connectivity index (χ3n) is 5.21. The Kier molecular flexibility index (Phi) is 4.31. The van der Waals surface area contributed by atoms with Gasteiger partial charge < -0.3 is 14.2 Å². The van der Waals surface area contributed by atoms with E-state index in [0.717, 1.165) is 66.2 Å². The van der Waals surface area contributed by atoms with Gasteiger partial charge in [0.25, 0.3) is 0 Å². The van der Waals surface area contributed by atoms with Gasteiger partial charge in [0, 0.05) is 44.9 Å². The number of benzene rings is 2. The van der Waals surface area contributed by atoms with E-state index in [-0.39, 0.29) is 0 Å². The van der Waals surface area contributed by atoms with E-state index in [4.69, 9.17) is 9.40 Å². The molecule has 0 unspecified atom stereocenters. The first-order chi connectivity index (χ1) is 12.6. The van der Waals surface area contributed by atoms with Crippen LogP contribution in [0.2, 0.25) is 0 Å². The first-order valence-electron chi connectivity index (χ1n) is 9.54. The summed E-state index contributed by atoms with van der Waals surface area (Å²) in [6.07, 6.45) is 0. The van der Waals surface area contributed by atoms with Crippen molar-refractivity contribution in [1.29, 1.82) is 0 Å². The van der Waals surface area contributed by atoms with Gasteiger partial charge in [-0.15, -0.1) is 0 Å². The zero-order valence-electron chi connectivity index (χ0n) is 16.0. The minimum absolute atomic E-state index is 0.763. The lowest BCUT2D eigenvalue weighted by molar-refractivity contribution is 0.610. The molecule has 0 saturated carbocycles. The summed E-state index contributed by atoms with van der Waals surface area (Å²) < 4.78 is 6.25. The van der Waals surface area contributed by atoms with E-state index in [1.807, 2.05) is 13.0 Å². The van der Waals surface area contributed by atoms with E-state index in [1.165, 1.54) is 11.4 Å². The van der Waals surface area contributed by atoms with Crippen molar-refractivity contribution in [2.45, 2.75) is 27.7 Å². The second-order valence-corrected chi connectivity index (χ2v) is 6.76. The number of rotatable bonds is 3. The molecule has 0 atom stereocenters. The molecule has 0 N–H and O–H groups in total. The van der Waals surface area contributed by atoms with Crippen molar-refractivity contribution in [3.05, 3.63) is 35.2 Å². The molecule has 4 rings (SSSR count). The molecule has 0 fully saturated rings. The van der Waals surface area contributed by atoms with Gasteiger partial charge in [0.1, 0.15) is 11.2 Å². The second kappa shape index (κ2) is 6.63. The third kappa shape index (κ3) is 2.71. The molecular formula is C21H26N4O. The Bertz CT molecular complexity index is 991. The van der Waals surface area contributed by atoms with E-state index in [9.17, 15) is 0 Å². The number of nitrogens with zero attached hydrogens (tertiary/aromatic N) is 4. The molecule has 0 aromatic heterocycles. The van der Waals surface area contributed by atoms with Crippen LogP contribution in [0.1, 0.15) is 26.3 Å². The van der Waals surface area contributed by atoms with Gasteiger partial charge in [0.05, 0.1) is 16.7 Å². The van der Waals surface area contributed by atoms with Gasteiger partial charge in [-0.3, -0.25) is 4.99 Å². The largest absolute Gasteiger partial charge is 0.453 e. The molecule has 0 radical (unpaired) electrons. The number of aromatic nitrogens is 1. The molecule has 5 nitrogen and oxygen atoms in total. The molecule has 0 saturated heterocycles. The number of fused-ring (bicyclic) bond motifs is 3. The summed E-state index contributed by atoms with van der Waals surface area (Å²) in [6.45, 7) is 13.4. The topological polar surface area (TPSA) is 44.9 Å². The van der Waals surface area contributed by atoms with E-state index in [1.54, 1.807) is 0 Å². The lowest BCUT2D eigenvalue weighted by Crippen LogP contribution is -2.40. The highest BCUT2D eigenvalue weighted by Gasteiger charge is 2.23. The quantitative estimate of drug-likeness (QED) is 0.674. The molecule has 26 heavy (non-hydrogen) atoms. The lowest BCUT2D eigenvalue weighted by atomic mass is 10.1. The molecule has 1 aromatic carbocycles. The van der Waals surface area contributed by atoms with Crippen LogP contribution in [0.5, 0.6) is 0 Å². The van der Waals surface area contributed by atoms with Gasteiger partial charge in [-0.2, -0.15) is 0 Å². The standard InChI is InChI=1S/C21H26N4O/c1-5-22-15-12-20-16(10-14(15)4)23-17-11-18-19(13-21(17)26-20)25(7-3)9-8-24(18)6-2/h10-13H,5-9H2,1-4H3/b22-15-. The second-order valence-electron chi connectivity index (χ2n) is 6.76. The Morgan fingerprint density at radius 3 is 2.35 bits per heavy atom. The number of anilines is 2. The van der Waals surface area contributed by atoms with Crippen LogP contribution in [0, 0.1) is 6.92 Å². The molecular weight excluding hydrogens is 324 g/mol. The maximum absolute atomic E-state index is 6.25. The molecule has 3 aliphatic rings. The van der Waals surface area contributed by atoms with Crippen molar-refractivity contribution < 1.29 is 4.42 Å². The van der Waals surface area contributed by atoms with Gasteiger partial charge in [-0.05, 0) is 45.4 Å². The normalized spacial score (nSPS) is 15.2. The van der Waals surface area contributed by atoms with Crippen LogP contribution in [-0.4, -0.2) is 37.7 Å². The minimum atomic E-state index is 0.763. The highest BCUT2D eigenvalue weighted by Crippen LogP contribution is 2.37. The van der Waals surface area contributed by atoms with Crippen LogP contribution in [0.3, 0.4) is 0 Å². The molecule has 0 spiro atoms. The number of hydrogen-bond donors (Lipinski definition) is 0. The minimum Gasteiger partial charge on any atom is -0.453 e. The Labute approximate surface area is 154 Å². The van der Waals surface area contributed by atoms with Gasteiger partial charge in [-0.25, -0.2) is 4.98 Å². The average Bonchev–Trinajstić information content (AvgIpc) is 2.65. The van der Waals surface area contributed by atoms with Crippen molar-refractivity contribution in [3.8, 4) is 11.5 Å². The van der Waals surface area contributed by atoms with E-state index >= 15 is 0 Å². The summed E-state index contributed by atoms with van der Waals surface area (Å²) in [5, 5.41) is 0.982. The third-order valence-corrected chi connectivity index (χ3v) is 5.21. The fourth-order valence-electron chi connectivity index (χ4n) is 3.78. The SMILES string of the molecule is CC/N=c1/cc2oc3cc4c(cc3nc-2cc1C)N(CC)CCN4CC. The summed E-state index contributed by atoms with van der Waals surface area (Å²) in [5.41, 5.74) is 6.25. The maximum atomic E-state index is 6.25. The van der Waals surface area contributed by atoms with E-state index in [0.29, 0.717) is 0 Å². The lowest BCUT2D eigenvalue weighted by Gasteiger charge is -2.38. The van der Waals surface area contributed by atoms with Crippen LogP contribution >= 0.6 is 0 Å². The fourth-order valence-corrected chi connectivity index (χ4v) is 3.78. The zero-order valence-corrected chi connectivity index (χ0v) is 16.0. The van der Waals surface area contributed by atoms with Crippen molar-refractivity contribution in [3.63, 3.8) is 0 Å². The summed E-state index contributed by atoms with van der Waals surface area (Å²) in [6, 6.07) is 8.41. The summed E-state index contributed by atoms with van der Waals surface area (Å²) in [5.74, 6) is 0.793. The Morgan fingerprint density at radius 2 is 1.69 bits per heavy atom. The first-order valence-corrected chi connectivity index (χ1v) is 9.54. The predicted octanol–water partition coefficient (Wildman–Crippen LogP) is 3.83. The van der Waals surface area contributed by atoms with Crippen molar-refractivity contribution in [2.75, 3.05) is 42.5 Å². The monoisotopic (exact) mass is 350 g/mol. The zero-order chi connectivity index (χ0) is 18.3. The number of hydrogen-bond acceptors (Lipinski definition) is 5. The molecule has 1 aromatic rings. The van der Waals surface area contributed by atoms with Gasteiger partial charge in [0.2, 0.25) is 0 Å². The Hall–Kier alpha value is -2.56. The predicted molar refractivity (Wildman–Crippen MR) is 107 cm³/mol. The molecule has 136 valence electrons. The van der Waals surface area contributed by atoms with Gasteiger partial charge >= 0.3 is 0 Å². The van der Waals surface area contributed by atoms with Crippen LogP contribution in [0.25, 0.3) is 22.6 Å². The Morgan fingerprint density at radius 1 is 1.00 bits per heavy atom. The molecule has 0 amide bonds. The molecule has 5 heteroatoms. The van der Waals surface area contributed by atoms with Gasteiger partial charge in [-0.1, -0.05) is 0 Å². The summed E-state index contributed by atoms with van der Waals surface area (Å²) in [4.78, 5) is 14.3.